The topological polar surface area (TPSA) is 122 Å². The summed E-state index contributed by atoms with van der Waals surface area (Å²) in [5.41, 5.74) is 3.16. The fourth-order valence-corrected chi connectivity index (χ4v) is 9.39. The zero-order valence-electron chi connectivity index (χ0n) is 21.4. The van der Waals surface area contributed by atoms with Gasteiger partial charge in [0.2, 0.25) is 0 Å². The summed E-state index contributed by atoms with van der Waals surface area (Å²) in [4.78, 5) is 1.56. The number of aryl methyl sites for hydroxylation is 1. The van der Waals surface area contributed by atoms with E-state index in [1.165, 1.54) is 15.9 Å². The average molecular weight is 674 g/mol. The van der Waals surface area contributed by atoms with Gasteiger partial charge in [-0.3, -0.25) is 0 Å². The van der Waals surface area contributed by atoms with Crippen molar-refractivity contribution in [1.29, 1.82) is 0 Å². The Hall–Kier alpha value is -0.934. The van der Waals surface area contributed by atoms with Crippen LogP contribution in [0.4, 0.5) is 5.69 Å². The summed E-state index contributed by atoms with van der Waals surface area (Å²) in [6.45, 7) is 3.85. The quantitative estimate of drug-likeness (QED) is 0.156. The average Bonchev–Trinajstić information content (AvgIpc) is 3.34. The molecule has 0 unspecified atom stereocenters. The van der Waals surface area contributed by atoms with E-state index in [-0.39, 0.29) is 66.3 Å². The maximum atomic E-state index is 11.9. The molecule has 0 amide bonds. The van der Waals surface area contributed by atoms with Crippen molar-refractivity contribution in [3.05, 3.63) is 81.4 Å². The van der Waals surface area contributed by atoms with Gasteiger partial charge in [0, 0.05) is 0 Å². The molecular weight excluding hydrogens is 651 g/mol. The van der Waals surface area contributed by atoms with E-state index in [2.05, 4.69) is 0 Å². The van der Waals surface area contributed by atoms with Crippen molar-refractivity contribution in [2.45, 2.75) is 26.1 Å². The Kier molecular flexibility index (Phi) is 9.64. The first-order chi connectivity index (χ1) is 17.9. The van der Waals surface area contributed by atoms with E-state index < -0.39 is 32.0 Å². The van der Waals surface area contributed by atoms with Crippen LogP contribution in [0.15, 0.2) is 70.8 Å². The molecule has 0 saturated heterocycles. The number of hydrogen-bond donors (Lipinski definition) is 0. The number of nitrogens with zero attached hydrogens (tertiary/aromatic N) is 2. The molecule has 5 rings (SSSR count). The Labute approximate surface area is 280 Å². The summed E-state index contributed by atoms with van der Waals surface area (Å²) in [5, 5.41) is 2.36. The minimum atomic E-state index is -4.60. The van der Waals surface area contributed by atoms with Gasteiger partial charge in [0.1, 0.15) is 0 Å². The van der Waals surface area contributed by atoms with Gasteiger partial charge in [-0.25, -0.2) is 0 Å². The molecule has 0 saturated carbocycles. The number of hydrogen-bond acceptors (Lipinski definition) is 8. The van der Waals surface area contributed by atoms with Crippen molar-refractivity contribution in [3.8, 4) is 0 Å². The first kappa shape index (κ1) is 31.0. The monoisotopic (exact) mass is 674 g/mol. The number of allylic oxidation sites excluding steroid dienone is 2. The summed E-state index contributed by atoms with van der Waals surface area (Å²) in [7, 11) is -9.14. The molecule has 0 bridgehead atoms. The number of benzene rings is 3. The maximum absolute atomic E-state index is 11.9. The molecular formula is C26H23KN2O6S3Se. The van der Waals surface area contributed by atoms with E-state index in [0.29, 0.717) is 22.6 Å². The zero-order chi connectivity index (χ0) is 27.2. The third-order valence-corrected chi connectivity index (χ3v) is 10.7. The van der Waals surface area contributed by atoms with Gasteiger partial charge in [-0.15, -0.1) is 0 Å². The van der Waals surface area contributed by atoms with Gasteiger partial charge < -0.3 is 0 Å². The van der Waals surface area contributed by atoms with E-state index in [0.717, 1.165) is 35.7 Å². The summed E-state index contributed by atoms with van der Waals surface area (Å²) < 4.78 is 75.0. The van der Waals surface area contributed by atoms with E-state index >= 15 is 0 Å². The molecule has 13 heteroatoms. The third kappa shape index (κ3) is 7.11. The minimum absolute atomic E-state index is 0. The van der Waals surface area contributed by atoms with Crippen molar-refractivity contribution in [1.82, 2.24) is 0 Å². The molecule has 4 aromatic rings. The van der Waals surface area contributed by atoms with Crippen LogP contribution in [0.3, 0.4) is 0 Å². The molecule has 0 N–H and O–H groups in total. The fourth-order valence-electron chi connectivity index (χ4n) is 4.44. The van der Waals surface area contributed by atoms with Crippen molar-refractivity contribution in [2.24, 2.45) is 0 Å². The largest absolute Gasteiger partial charge is 1.00 e. The molecule has 39 heavy (non-hydrogen) atoms. The third-order valence-electron chi connectivity index (χ3n) is 6.10. The van der Waals surface area contributed by atoms with Crippen LogP contribution in [0.5, 0.6) is 0 Å². The number of aromatic nitrogens is 1. The molecule has 3 aromatic carbocycles. The Bertz CT molecular complexity index is 1870. The Morgan fingerprint density at radius 2 is 1.79 bits per heavy atom. The second kappa shape index (κ2) is 12.1. The number of fused-ring (bicyclic) bond motifs is 4. The van der Waals surface area contributed by atoms with Crippen LogP contribution in [0, 0.1) is 6.92 Å². The van der Waals surface area contributed by atoms with Crippen LogP contribution in [0.2, 0.25) is 0 Å². The normalized spacial score (nSPS) is 15.2. The zero-order valence-corrected chi connectivity index (χ0v) is 28.7. The van der Waals surface area contributed by atoms with E-state index in [9.17, 15) is 25.9 Å². The Morgan fingerprint density at radius 3 is 2.49 bits per heavy atom. The van der Waals surface area contributed by atoms with E-state index in [4.69, 9.17) is 0 Å². The van der Waals surface area contributed by atoms with Gasteiger partial charge >= 0.3 is 284 Å². The van der Waals surface area contributed by atoms with Gasteiger partial charge in [0.15, 0.2) is 0 Å². The van der Waals surface area contributed by atoms with Crippen LogP contribution in [0.25, 0.3) is 27.1 Å². The van der Waals surface area contributed by atoms with Gasteiger partial charge in [-0.2, -0.15) is 0 Å². The molecule has 2 heterocycles. The van der Waals surface area contributed by atoms with E-state index in [1.807, 2.05) is 80.6 Å². The van der Waals surface area contributed by atoms with Gasteiger partial charge in [-0.05, 0) is 0 Å². The molecule has 198 valence electrons. The Balaban J connectivity index is 0.00000353. The summed E-state index contributed by atoms with van der Waals surface area (Å²) >= 11 is 1.15. The SMILES string of the molecule is CCC(/C=C1\[Se]c2ccc(C)cc2N1CS(=O)(=O)[O-])=C\c1sc2ccc3ccccc3c2[n+]1CS(=O)(=O)[O-].[K+]. The molecule has 1 aliphatic rings. The number of rotatable bonds is 7. The van der Waals surface area contributed by atoms with Gasteiger partial charge in [0.25, 0.3) is 0 Å². The molecule has 8 nitrogen and oxygen atoms in total. The van der Waals surface area contributed by atoms with Crippen molar-refractivity contribution in [2.75, 3.05) is 10.8 Å². The predicted molar refractivity (Wildman–Crippen MR) is 149 cm³/mol. The van der Waals surface area contributed by atoms with Crippen molar-refractivity contribution < 1.29 is 81.9 Å². The van der Waals surface area contributed by atoms with Crippen LogP contribution in [-0.4, -0.2) is 46.8 Å². The molecule has 0 spiro atoms. The van der Waals surface area contributed by atoms with Gasteiger partial charge in [-0.1, -0.05) is 0 Å². The molecule has 1 aromatic heterocycles. The van der Waals surface area contributed by atoms with Crippen LogP contribution in [0.1, 0.15) is 23.9 Å². The van der Waals surface area contributed by atoms with Crippen molar-refractivity contribution >= 4 is 83.7 Å². The fraction of sp³-hybridized carbons (Fsp3) is 0.192. The Morgan fingerprint density at radius 1 is 1.05 bits per heavy atom. The predicted octanol–water partition coefficient (Wildman–Crippen LogP) is 0.144. The molecule has 0 fully saturated rings. The van der Waals surface area contributed by atoms with Gasteiger partial charge in [0.05, 0.1) is 0 Å². The van der Waals surface area contributed by atoms with Crippen LogP contribution >= 0.6 is 11.3 Å². The molecule has 1 aliphatic heterocycles. The summed E-state index contributed by atoms with van der Waals surface area (Å²) in [6, 6.07) is 17.3. The number of anilines is 1. The molecule has 0 aliphatic carbocycles. The summed E-state index contributed by atoms with van der Waals surface area (Å²) in [6.07, 6.45) is 4.27. The summed E-state index contributed by atoms with van der Waals surface area (Å²) in [5.74, 6) is -1.38. The van der Waals surface area contributed by atoms with Crippen LogP contribution in [-0.2, 0) is 26.1 Å². The second-order valence-electron chi connectivity index (χ2n) is 8.93. The smallest absolute Gasteiger partial charge is 1.00 e. The second-order valence-corrected chi connectivity index (χ2v) is 15.0. The maximum Gasteiger partial charge on any atom is 1.00 e. The number of thiazole rings is 1. The standard InChI is InChI=1S/C26H24N2O6S3Se.K/c1-3-18(14-25-27(15-36(29,30)31)21-12-17(2)8-11-23(21)38-25)13-24-28(16-37(32,33)34)26-20-7-5-4-6-19(20)9-10-22(26)35-24;/h4-14H,3,15-16H2,1-2H3,(H-,29,30,31,32,33,34);/q;+1/p-1. The first-order valence-electron chi connectivity index (χ1n) is 11.6. The molecule has 0 radical (unpaired) electrons. The van der Waals surface area contributed by atoms with Crippen molar-refractivity contribution in [3.63, 3.8) is 0 Å². The minimum Gasteiger partial charge on any atom is 1.00 e. The molecule has 0 atom stereocenters. The van der Waals surface area contributed by atoms with Crippen LogP contribution < -0.4 is 65.3 Å². The van der Waals surface area contributed by atoms with E-state index in [1.54, 1.807) is 4.90 Å². The first-order valence-corrected chi connectivity index (χ1v) is 17.3.